The molecule has 3 aliphatic heterocycles. The van der Waals surface area contributed by atoms with Crippen molar-refractivity contribution in [1.29, 1.82) is 0 Å². The van der Waals surface area contributed by atoms with E-state index in [9.17, 15) is 60.7 Å². The van der Waals surface area contributed by atoms with Crippen LogP contribution in [0.3, 0.4) is 0 Å². The van der Waals surface area contributed by atoms with Gasteiger partial charge in [0, 0.05) is 50.0 Å². The van der Waals surface area contributed by atoms with E-state index in [2.05, 4.69) is 0 Å². The zero-order chi connectivity index (χ0) is 47.6. The molecule has 0 aromatic heterocycles. The van der Waals surface area contributed by atoms with Crippen LogP contribution in [0.1, 0.15) is 85.5 Å². The Morgan fingerprint density at radius 2 is 1.25 bits per heavy atom. The number of nitrogens with two attached hydrogens (primary N) is 1. The summed E-state index contributed by atoms with van der Waals surface area (Å²) in [7, 11) is 0. The fourth-order valence-corrected chi connectivity index (χ4v) is 7.98. The Kier molecular flexibility index (Phi) is 23.4. The van der Waals surface area contributed by atoms with E-state index < -0.39 is 141 Å². The second kappa shape index (κ2) is 27.3. The lowest BCUT2D eigenvalue weighted by atomic mass is 9.82. The first-order valence-electron chi connectivity index (χ1n) is 22.2. The van der Waals surface area contributed by atoms with E-state index in [1.54, 1.807) is 63.3 Å². The van der Waals surface area contributed by atoms with Gasteiger partial charge in [-0.25, -0.2) is 0 Å². The second-order valence-corrected chi connectivity index (χ2v) is 17.5. The van der Waals surface area contributed by atoms with Crippen molar-refractivity contribution in [2.24, 2.45) is 23.5 Å². The van der Waals surface area contributed by atoms with Crippen LogP contribution in [-0.2, 0) is 28.5 Å². The molecule has 0 aromatic carbocycles. The van der Waals surface area contributed by atoms with E-state index in [0.717, 1.165) is 0 Å². The summed E-state index contributed by atoms with van der Waals surface area (Å²) in [5.41, 5.74) is 6.12. The average Bonchev–Trinajstić information content (AvgIpc) is 3.19. The van der Waals surface area contributed by atoms with Gasteiger partial charge in [0.15, 0.2) is 12.1 Å². The molecule has 0 aliphatic carbocycles. The molecule has 64 heavy (non-hydrogen) atoms. The third-order valence-electron chi connectivity index (χ3n) is 11.9. The Balaban J connectivity index is 1.84. The molecule has 2 saturated heterocycles. The van der Waals surface area contributed by atoms with Crippen LogP contribution in [0, 0.1) is 17.8 Å². The van der Waals surface area contributed by atoms with Crippen LogP contribution in [0.2, 0.25) is 0 Å². The summed E-state index contributed by atoms with van der Waals surface area (Å²) in [6.45, 7) is 6.87. The third kappa shape index (κ3) is 18.8. The van der Waals surface area contributed by atoms with Crippen molar-refractivity contribution in [2.45, 2.75) is 177 Å². The average molecular weight is 908 g/mol. The number of carboxylic acids is 1. The van der Waals surface area contributed by atoms with Crippen molar-refractivity contribution in [1.82, 2.24) is 0 Å². The highest BCUT2D eigenvalue weighted by atomic mass is 16.7. The number of carboxylic acid groups (broad SMARTS) is 1. The molecule has 0 spiro atoms. The van der Waals surface area contributed by atoms with Crippen LogP contribution in [0.4, 0.5) is 0 Å². The van der Waals surface area contributed by atoms with Gasteiger partial charge >= 0.3 is 11.9 Å². The van der Waals surface area contributed by atoms with Gasteiger partial charge < -0.3 is 75.7 Å². The minimum Gasteiger partial charge on any atom is -0.481 e. The van der Waals surface area contributed by atoms with Crippen molar-refractivity contribution in [3.8, 4) is 0 Å². The topological polar surface area (TPSA) is 299 Å². The molecular formula is C47H73NO16. The lowest BCUT2D eigenvalue weighted by Crippen LogP contribution is -2.56. The highest BCUT2D eigenvalue weighted by Gasteiger charge is 2.50. The standard InChI is InChI=1S/C47H73NO16/c1-28-17-15-13-11-9-7-5-6-8-10-12-14-16-18-35(63-42-25-36(48)45(57)31(4)62-42)24-40-43(46(58)59)39(54)27-47(60,64-40)26-34(51)22-38(53)37(52)20-19-32(49)21-33(50)23-41(55)61-30(3)29(2)44(28)56/h5-18,28-40,42-45,49-54,56-57,60H,19-27,48H2,1-4H3,(H,58,59)/b6-5+,9-7+,10-8+,13-11+,14-12+,17-15+,18-16+/t28-,29-,30-,31+,32?,33?,34?,35?,36+,37?,38?,39-,40-,42?,43?,44?,45?,47?/m0/s1. The van der Waals surface area contributed by atoms with E-state index in [-0.39, 0.29) is 38.0 Å². The first-order chi connectivity index (χ1) is 30.2. The number of hydrogen-bond donors (Lipinski definition) is 11. The van der Waals surface area contributed by atoms with Gasteiger partial charge in [-0.1, -0.05) is 98.9 Å². The number of carbonyl (C=O) groups is 2. The molecule has 0 amide bonds. The number of hydrogen-bond acceptors (Lipinski definition) is 16. The molecule has 12 N–H and O–H groups in total. The van der Waals surface area contributed by atoms with Crippen LogP contribution in [0.5, 0.6) is 0 Å². The second-order valence-electron chi connectivity index (χ2n) is 17.5. The fraction of sp³-hybridized carbons (Fsp3) is 0.660. The maximum absolute atomic E-state index is 12.6. The number of ether oxygens (including phenoxy) is 4. The Hall–Kier alpha value is -3.40. The lowest BCUT2D eigenvalue weighted by Gasteiger charge is -2.45. The van der Waals surface area contributed by atoms with Gasteiger partial charge in [-0.05, 0) is 33.1 Å². The SMILES string of the molecule is C[C@@H]1OC(=O)CC(O)CC(O)CCC(O)C(O)CC(O)CC2(O)C[C@H](O)C(C(=O)O)[C@H](CC(OC3C[C@@H](N)C(O)[C@@H](C)O3)/C=C/C=C/C=C/C=C/C=C/C=C/C=C/[C@H](C)C(O)[C@H]1C)O2. The molecule has 11 unspecified atom stereocenters. The van der Waals surface area contributed by atoms with Crippen LogP contribution < -0.4 is 5.73 Å². The van der Waals surface area contributed by atoms with Crippen LogP contribution in [0.15, 0.2) is 85.1 Å². The number of aliphatic hydroxyl groups excluding tert-OH is 8. The lowest BCUT2D eigenvalue weighted by molar-refractivity contribution is -0.304. The van der Waals surface area contributed by atoms with Gasteiger partial charge in [-0.15, -0.1) is 0 Å². The van der Waals surface area contributed by atoms with Gasteiger partial charge in [0.25, 0.3) is 0 Å². The van der Waals surface area contributed by atoms with Crippen molar-refractivity contribution >= 4 is 11.9 Å². The van der Waals surface area contributed by atoms with Gasteiger partial charge in [-0.2, -0.15) is 0 Å². The number of cyclic esters (lactones) is 1. The van der Waals surface area contributed by atoms with E-state index in [1.807, 2.05) is 49.5 Å². The predicted molar refractivity (Wildman–Crippen MR) is 236 cm³/mol. The number of rotatable bonds is 3. The number of carbonyl (C=O) groups excluding carboxylic acids is 1. The Labute approximate surface area is 376 Å². The van der Waals surface area contributed by atoms with Crippen molar-refractivity contribution < 1.29 is 79.6 Å². The zero-order valence-electron chi connectivity index (χ0n) is 37.3. The Morgan fingerprint density at radius 1 is 0.672 bits per heavy atom. The molecule has 3 heterocycles. The van der Waals surface area contributed by atoms with Crippen molar-refractivity contribution in [3.05, 3.63) is 85.1 Å². The minimum atomic E-state index is -2.27. The fourth-order valence-electron chi connectivity index (χ4n) is 7.98. The maximum Gasteiger partial charge on any atom is 0.311 e. The van der Waals surface area contributed by atoms with E-state index in [0.29, 0.717) is 0 Å². The van der Waals surface area contributed by atoms with Gasteiger partial charge in [0.05, 0.1) is 73.6 Å². The molecule has 0 aromatic rings. The van der Waals surface area contributed by atoms with E-state index in [1.165, 1.54) is 0 Å². The number of fused-ring (bicyclic) bond motifs is 2. The molecule has 362 valence electrons. The molecule has 18 atom stereocenters. The number of aliphatic carboxylic acids is 1. The summed E-state index contributed by atoms with van der Waals surface area (Å²) in [6.07, 6.45) is 7.24. The highest BCUT2D eigenvalue weighted by Crippen LogP contribution is 2.38. The molecule has 0 radical (unpaired) electrons. The quantitative estimate of drug-likeness (QED) is 0.180. The first kappa shape index (κ1) is 54.9. The van der Waals surface area contributed by atoms with Crippen molar-refractivity contribution in [2.75, 3.05) is 0 Å². The molecule has 3 rings (SSSR count). The molecule has 2 bridgehead atoms. The summed E-state index contributed by atoms with van der Waals surface area (Å²) >= 11 is 0. The van der Waals surface area contributed by atoms with Crippen LogP contribution in [-0.4, -0.2) is 154 Å². The molecule has 2 fully saturated rings. The first-order valence-corrected chi connectivity index (χ1v) is 22.2. The maximum atomic E-state index is 12.6. The van der Waals surface area contributed by atoms with Crippen LogP contribution in [0.25, 0.3) is 0 Å². The van der Waals surface area contributed by atoms with Gasteiger partial charge in [0.1, 0.15) is 12.0 Å². The Bertz CT molecular complexity index is 1620. The predicted octanol–water partition coefficient (Wildman–Crippen LogP) is 1.74. The molecule has 3 aliphatic rings. The third-order valence-corrected chi connectivity index (χ3v) is 11.9. The number of aliphatic hydroxyl groups is 9. The zero-order valence-corrected chi connectivity index (χ0v) is 37.3. The number of esters is 1. The van der Waals surface area contributed by atoms with E-state index in [4.69, 9.17) is 24.7 Å². The van der Waals surface area contributed by atoms with Crippen molar-refractivity contribution in [3.63, 3.8) is 0 Å². The summed E-state index contributed by atoms with van der Waals surface area (Å²) in [5, 5.41) is 107. The molecule has 17 heteroatoms. The normalized spacial score (nSPS) is 44.8. The summed E-state index contributed by atoms with van der Waals surface area (Å²) in [4.78, 5) is 25.1. The van der Waals surface area contributed by atoms with Gasteiger partial charge in [-0.3, -0.25) is 9.59 Å². The summed E-state index contributed by atoms with van der Waals surface area (Å²) in [5.74, 6) is -6.62. The largest absolute Gasteiger partial charge is 0.481 e. The molecule has 17 nitrogen and oxygen atoms in total. The summed E-state index contributed by atoms with van der Waals surface area (Å²) < 4.78 is 23.5. The molecule has 0 saturated carbocycles. The highest BCUT2D eigenvalue weighted by molar-refractivity contribution is 5.71. The Morgan fingerprint density at radius 3 is 1.83 bits per heavy atom. The van der Waals surface area contributed by atoms with Crippen LogP contribution >= 0.6 is 0 Å². The van der Waals surface area contributed by atoms with Gasteiger partial charge in [0.2, 0.25) is 0 Å². The monoisotopic (exact) mass is 907 g/mol. The van der Waals surface area contributed by atoms with E-state index >= 15 is 0 Å². The minimum absolute atomic E-state index is 0.0903. The molecular weight excluding hydrogens is 835 g/mol. The number of allylic oxidation sites excluding steroid dienone is 12. The smallest absolute Gasteiger partial charge is 0.311 e. The summed E-state index contributed by atoms with van der Waals surface area (Å²) in [6, 6.07) is -0.671.